The van der Waals surface area contributed by atoms with E-state index in [1.807, 2.05) is 0 Å². The summed E-state index contributed by atoms with van der Waals surface area (Å²) in [5.74, 6) is 0. The molecule has 0 unspecified atom stereocenters. The lowest BCUT2D eigenvalue weighted by atomic mass is 10.1. The van der Waals surface area contributed by atoms with Crippen LogP contribution >= 0.6 is 11.1 Å². The molecule has 0 bridgehead atoms. The first-order valence-electron chi connectivity index (χ1n) is 4.51. The highest BCUT2D eigenvalue weighted by molar-refractivity contribution is 7.01. The third kappa shape index (κ3) is 2.65. The van der Waals surface area contributed by atoms with Gasteiger partial charge in [0.2, 0.25) is 0 Å². The average molecular weight is 199 g/mol. The smallest absolute Gasteiger partial charge is 0.156 e. The number of hydrogen-bond acceptors (Lipinski definition) is 0. The molecule has 0 spiro atoms. The van der Waals surface area contributed by atoms with Gasteiger partial charge in [-0.15, -0.1) is 0 Å². The number of benzene rings is 1. The Kier molecular flexibility index (Phi) is 4.40. The summed E-state index contributed by atoms with van der Waals surface area (Å²) < 4.78 is 0. The molecule has 2 heteroatoms. The number of aryl methyl sites for hydroxylation is 1. The zero-order valence-corrected chi connectivity index (χ0v) is 9.69. The highest BCUT2D eigenvalue weighted by Crippen LogP contribution is 2.02. The molecule has 0 aliphatic heterocycles. The molecule has 0 nitrogen and oxygen atoms in total. The summed E-state index contributed by atoms with van der Waals surface area (Å²) in [4.78, 5) is 0. The van der Waals surface area contributed by atoms with Crippen LogP contribution in [0.15, 0.2) is 24.3 Å². The van der Waals surface area contributed by atoms with Gasteiger partial charge in [0.05, 0.1) is 0 Å². The molecule has 1 aromatic rings. The second-order valence-electron chi connectivity index (χ2n) is 3.01. The van der Waals surface area contributed by atoms with Crippen LogP contribution in [0.5, 0.6) is 0 Å². The summed E-state index contributed by atoms with van der Waals surface area (Å²) in [5.41, 5.74) is 1.47. The summed E-state index contributed by atoms with van der Waals surface area (Å²) in [6.07, 6.45) is 3.74. The Morgan fingerprint density at radius 1 is 1.33 bits per heavy atom. The molecule has 0 saturated carbocycles. The maximum absolute atomic E-state index is 5.95. The lowest BCUT2D eigenvalue weighted by molar-refractivity contribution is 0.798. The summed E-state index contributed by atoms with van der Waals surface area (Å²) in [6, 6.07) is 8.57. The van der Waals surface area contributed by atoms with Gasteiger partial charge in [-0.25, -0.2) is 0 Å². The van der Waals surface area contributed by atoms with E-state index in [9.17, 15) is 0 Å². The van der Waals surface area contributed by atoms with Gasteiger partial charge < -0.3 is 0 Å². The SMILES string of the molecule is CCCCc1ccccc1[SiH2]Cl. The van der Waals surface area contributed by atoms with Crippen molar-refractivity contribution in [3.05, 3.63) is 29.8 Å². The topological polar surface area (TPSA) is 0 Å². The second-order valence-corrected chi connectivity index (χ2v) is 4.84. The lowest BCUT2D eigenvalue weighted by Crippen LogP contribution is -2.14. The van der Waals surface area contributed by atoms with E-state index in [2.05, 4.69) is 31.2 Å². The maximum atomic E-state index is 5.95. The summed E-state index contributed by atoms with van der Waals surface area (Å²) in [5, 5.41) is 1.42. The molecule has 12 heavy (non-hydrogen) atoms. The fourth-order valence-corrected chi connectivity index (χ4v) is 2.77. The van der Waals surface area contributed by atoms with E-state index >= 15 is 0 Å². The van der Waals surface area contributed by atoms with E-state index in [0.29, 0.717) is 0 Å². The van der Waals surface area contributed by atoms with Crippen LogP contribution in [-0.2, 0) is 6.42 Å². The molecule has 0 atom stereocenters. The van der Waals surface area contributed by atoms with E-state index in [4.69, 9.17) is 11.1 Å². The average Bonchev–Trinajstić information content (AvgIpc) is 2.15. The van der Waals surface area contributed by atoms with Gasteiger partial charge in [-0.05, 0) is 23.6 Å². The summed E-state index contributed by atoms with van der Waals surface area (Å²) >= 11 is 5.95. The zero-order valence-electron chi connectivity index (χ0n) is 7.52. The van der Waals surface area contributed by atoms with Crippen LogP contribution in [0.3, 0.4) is 0 Å². The number of rotatable bonds is 4. The van der Waals surface area contributed by atoms with Gasteiger partial charge in [0, 0.05) is 0 Å². The van der Waals surface area contributed by atoms with E-state index in [1.54, 1.807) is 0 Å². The Morgan fingerprint density at radius 2 is 2.08 bits per heavy atom. The fourth-order valence-electron chi connectivity index (χ4n) is 1.30. The first-order chi connectivity index (χ1) is 5.88. The predicted molar refractivity (Wildman–Crippen MR) is 59.1 cm³/mol. The van der Waals surface area contributed by atoms with Gasteiger partial charge >= 0.3 is 0 Å². The third-order valence-corrected chi connectivity index (χ3v) is 3.90. The molecule has 0 radical (unpaired) electrons. The standard InChI is InChI=1S/C10H15ClSi/c1-2-3-6-9-7-4-5-8-10(9)12-11/h4-5,7-8H,2-3,6,12H2,1H3. The second kappa shape index (κ2) is 5.39. The minimum absolute atomic E-state index is 0.493. The van der Waals surface area contributed by atoms with E-state index in [-0.39, 0.29) is 0 Å². The Balaban J connectivity index is 2.68. The molecule has 66 valence electrons. The highest BCUT2D eigenvalue weighted by Gasteiger charge is 1.98. The van der Waals surface area contributed by atoms with Gasteiger partial charge in [0.15, 0.2) is 8.83 Å². The molecular weight excluding hydrogens is 184 g/mol. The van der Waals surface area contributed by atoms with Gasteiger partial charge in [0.1, 0.15) is 0 Å². The van der Waals surface area contributed by atoms with Gasteiger partial charge in [-0.2, -0.15) is 11.1 Å². The van der Waals surface area contributed by atoms with Gasteiger partial charge in [-0.3, -0.25) is 0 Å². The Bertz CT molecular complexity index is 235. The molecule has 0 saturated heterocycles. The quantitative estimate of drug-likeness (QED) is 0.513. The van der Waals surface area contributed by atoms with E-state index in [0.717, 1.165) is 0 Å². The molecule has 0 fully saturated rings. The highest BCUT2D eigenvalue weighted by atomic mass is 35.6. The van der Waals surface area contributed by atoms with Gasteiger partial charge in [0.25, 0.3) is 0 Å². The van der Waals surface area contributed by atoms with Crippen molar-refractivity contribution < 1.29 is 0 Å². The van der Waals surface area contributed by atoms with E-state index in [1.165, 1.54) is 30.0 Å². The van der Waals surface area contributed by atoms with Crippen molar-refractivity contribution in [3.8, 4) is 0 Å². The van der Waals surface area contributed by atoms with Gasteiger partial charge in [-0.1, -0.05) is 37.6 Å². The van der Waals surface area contributed by atoms with Crippen LogP contribution in [0, 0.1) is 0 Å². The fraction of sp³-hybridized carbons (Fsp3) is 0.400. The van der Waals surface area contributed by atoms with Crippen molar-refractivity contribution in [2.75, 3.05) is 0 Å². The monoisotopic (exact) mass is 198 g/mol. The number of unbranched alkanes of at least 4 members (excludes halogenated alkanes) is 1. The molecule has 1 rings (SSSR count). The molecule has 0 aromatic heterocycles. The van der Waals surface area contributed by atoms with Crippen molar-refractivity contribution in [1.82, 2.24) is 0 Å². The predicted octanol–water partition coefficient (Wildman–Crippen LogP) is 1.98. The van der Waals surface area contributed by atoms with Crippen LogP contribution < -0.4 is 5.19 Å². The van der Waals surface area contributed by atoms with E-state index < -0.39 is 8.83 Å². The minimum Gasteiger partial charge on any atom is -0.170 e. The lowest BCUT2D eigenvalue weighted by Gasteiger charge is -2.04. The first kappa shape index (κ1) is 9.81. The molecule has 1 aromatic carbocycles. The summed E-state index contributed by atoms with van der Waals surface area (Å²) in [7, 11) is -0.493. The van der Waals surface area contributed by atoms with Crippen LogP contribution in [0.2, 0.25) is 0 Å². The molecule has 0 aliphatic carbocycles. The molecule has 0 aliphatic rings. The van der Waals surface area contributed by atoms with Crippen LogP contribution in [0.4, 0.5) is 0 Å². The summed E-state index contributed by atoms with van der Waals surface area (Å²) in [6.45, 7) is 2.22. The van der Waals surface area contributed by atoms with Crippen molar-refractivity contribution in [3.63, 3.8) is 0 Å². The van der Waals surface area contributed by atoms with Crippen molar-refractivity contribution in [1.29, 1.82) is 0 Å². The van der Waals surface area contributed by atoms with Crippen molar-refractivity contribution >= 4 is 25.1 Å². The van der Waals surface area contributed by atoms with Crippen molar-refractivity contribution in [2.24, 2.45) is 0 Å². The first-order valence-corrected chi connectivity index (χ1v) is 7.35. The Labute approximate surface area is 81.5 Å². The van der Waals surface area contributed by atoms with Crippen molar-refractivity contribution in [2.45, 2.75) is 26.2 Å². The van der Waals surface area contributed by atoms with Crippen LogP contribution in [0.1, 0.15) is 25.3 Å². The Morgan fingerprint density at radius 3 is 2.75 bits per heavy atom. The maximum Gasteiger partial charge on any atom is 0.156 e. The normalized spacial score (nSPS) is 11.2. The molecule has 0 N–H and O–H groups in total. The zero-order chi connectivity index (χ0) is 8.81. The minimum atomic E-state index is -0.493. The number of hydrogen-bond donors (Lipinski definition) is 0. The molecule has 0 heterocycles. The molecular formula is C10H15ClSi. The molecule has 0 amide bonds. The Hall–Kier alpha value is -0.273. The number of halogens is 1. The van der Waals surface area contributed by atoms with Crippen LogP contribution in [0.25, 0.3) is 0 Å². The largest absolute Gasteiger partial charge is 0.170 e. The third-order valence-electron chi connectivity index (χ3n) is 2.06. The van der Waals surface area contributed by atoms with Crippen LogP contribution in [-0.4, -0.2) is 8.83 Å².